The molecule has 1 fully saturated rings. The summed E-state index contributed by atoms with van der Waals surface area (Å²) in [5.41, 5.74) is 7.49. The largest absolute Gasteiger partial charge is 0.473 e. The van der Waals surface area contributed by atoms with Crippen LogP contribution in [0.4, 0.5) is 5.69 Å². The summed E-state index contributed by atoms with van der Waals surface area (Å²) < 4.78 is 5.97. The topological polar surface area (TPSA) is 41.6 Å². The molecule has 0 aliphatic carbocycles. The summed E-state index contributed by atoms with van der Waals surface area (Å²) in [6.45, 7) is 4.07. The van der Waals surface area contributed by atoms with Gasteiger partial charge < -0.3 is 4.74 Å². The van der Waals surface area contributed by atoms with Crippen LogP contribution in [0.5, 0.6) is 5.75 Å². The van der Waals surface area contributed by atoms with Gasteiger partial charge in [0.1, 0.15) is 5.75 Å². The second-order valence-corrected chi connectivity index (χ2v) is 6.05. The van der Waals surface area contributed by atoms with Gasteiger partial charge >= 0.3 is 0 Å². The van der Waals surface area contributed by atoms with Crippen LogP contribution in [0.15, 0.2) is 42.5 Å². The highest BCUT2D eigenvalue weighted by atomic mass is 16.5. The molecule has 22 heavy (non-hydrogen) atoms. The zero-order valence-electron chi connectivity index (χ0n) is 12.7. The summed E-state index contributed by atoms with van der Waals surface area (Å²) in [4.78, 5) is 12.8. The number of ether oxygens (including phenoxy) is 1. The van der Waals surface area contributed by atoms with Gasteiger partial charge in [-0.2, -0.15) is 5.43 Å². The number of aryl methyl sites for hydroxylation is 2. The highest BCUT2D eigenvalue weighted by Crippen LogP contribution is 2.35. The van der Waals surface area contributed by atoms with Crippen molar-refractivity contribution < 1.29 is 9.53 Å². The number of hydrogen-bond acceptors (Lipinski definition) is 3. The van der Waals surface area contributed by atoms with E-state index in [0.29, 0.717) is 6.42 Å². The molecular formula is C18H18N2O2. The first-order valence-corrected chi connectivity index (χ1v) is 7.55. The molecule has 2 heterocycles. The zero-order valence-corrected chi connectivity index (χ0v) is 12.7. The van der Waals surface area contributed by atoms with E-state index in [1.165, 1.54) is 5.56 Å². The van der Waals surface area contributed by atoms with Crippen molar-refractivity contribution in [1.82, 2.24) is 5.43 Å². The Morgan fingerprint density at radius 2 is 2.00 bits per heavy atom. The van der Waals surface area contributed by atoms with E-state index in [9.17, 15) is 4.79 Å². The summed E-state index contributed by atoms with van der Waals surface area (Å²) >= 11 is 0. The Morgan fingerprint density at radius 1 is 1.18 bits per heavy atom. The third-order valence-electron chi connectivity index (χ3n) is 4.42. The van der Waals surface area contributed by atoms with Crippen LogP contribution < -0.4 is 15.2 Å². The fraction of sp³-hybridized carbons (Fsp3) is 0.278. The van der Waals surface area contributed by atoms with Crippen LogP contribution in [-0.2, 0) is 11.2 Å². The standard InChI is InChI=1S/C18H18N2O2/c1-11-7-8-15(12(2)9-11)20-18(21)14-10-13-5-3-4-6-16(13)22-17(14)19-20/h3-9,14,17,19H,10H2,1-2H3. The molecule has 0 bridgehead atoms. The lowest BCUT2D eigenvalue weighted by molar-refractivity contribution is -0.121. The lowest BCUT2D eigenvalue weighted by Gasteiger charge is -2.26. The number of hydrazine groups is 1. The smallest absolute Gasteiger partial charge is 0.250 e. The maximum absolute atomic E-state index is 12.8. The summed E-state index contributed by atoms with van der Waals surface area (Å²) in [7, 11) is 0. The molecule has 2 aromatic rings. The fourth-order valence-electron chi connectivity index (χ4n) is 3.28. The average Bonchev–Trinajstić information content (AvgIpc) is 2.82. The monoisotopic (exact) mass is 294 g/mol. The SMILES string of the molecule is Cc1ccc(N2NC3Oc4ccccc4CC3C2=O)c(C)c1. The Hall–Kier alpha value is -2.33. The van der Waals surface area contributed by atoms with E-state index in [0.717, 1.165) is 22.6 Å². The summed E-state index contributed by atoms with van der Waals surface area (Å²) in [5, 5.41) is 1.65. The third-order valence-corrected chi connectivity index (χ3v) is 4.42. The van der Waals surface area contributed by atoms with E-state index < -0.39 is 0 Å². The average molecular weight is 294 g/mol. The molecule has 1 saturated heterocycles. The second kappa shape index (κ2) is 4.85. The predicted molar refractivity (Wildman–Crippen MR) is 84.6 cm³/mol. The van der Waals surface area contributed by atoms with Gasteiger partial charge in [-0.05, 0) is 43.5 Å². The molecule has 1 N–H and O–H groups in total. The van der Waals surface area contributed by atoms with E-state index in [2.05, 4.69) is 18.4 Å². The number of hydrogen-bond donors (Lipinski definition) is 1. The first-order valence-electron chi connectivity index (χ1n) is 7.55. The number of carbonyl (C=O) groups is 1. The number of carbonyl (C=O) groups excluding carboxylic acids is 1. The summed E-state index contributed by atoms with van der Waals surface area (Å²) in [6, 6.07) is 14.0. The number of fused-ring (bicyclic) bond motifs is 2. The van der Waals surface area contributed by atoms with Crippen molar-refractivity contribution in [3.8, 4) is 5.75 Å². The van der Waals surface area contributed by atoms with Gasteiger partial charge in [0.15, 0.2) is 6.23 Å². The Labute approximate surface area is 129 Å². The quantitative estimate of drug-likeness (QED) is 0.879. The molecular weight excluding hydrogens is 276 g/mol. The Morgan fingerprint density at radius 3 is 2.82 bits per heavy atom. The minimum atomic E-state index is -0.289. The third kappa shape index (κ3) is 1.99. The van der Waals surface area contributed by atoms with Crippen LogP contribution in [0.25, 0.3) is 0 Å². The predicted octanol–water partition coefficient (Wildman–Crippen LogP) is 2.73. The molecule has 1 amide bonds. The normalized spacial score (nSPS) is 23.0. The molecule has 0 aromatic heterocycles. The highest BCUT2D eigenvalue weighted by molar-refractivity contribution is 5.97. The molecule has 2 unspecified atom stereocenters. The van der Waals surface area contributed by atoms with Crippen LogP contribution in [0.1, 0.15) is 16.7 Å². The van der Waals surface area contributed by atoms with Crippen LogP contribution >= 0.6 is 0 Å². The van der Waals surface area contributed by atoms with Crippen molar-refractivity contribution >= 4 is 11.6 Å². The van der Waals surface area contributed by atoms with Crippen LogP contribution in [-0.4, -0.2) is 12.1 Å². The number of nitrogens with one attached hydrogen (secondary N) is 1. The molecule has 4 heteroatoms. The second-order valence-electron chi connectivity index (χ2n) is 6.05. The van der Waals surface area contributed by atoms with Gasteiger partial charge in [0.25, 0.3) is 0 Å². The Kier molecular flexibility index (Phi) is 2.94. The molecule has 4 rings (SSSR count). The molecule has 112 valence electrons. The minimum absolute atomic E-state index is 0.0754. The van der Waals surface area contributed by atoms with Gasteiger partial charge in [0, 0.05) is 0 Å². The lowest BCUT2D eigenvalue weighted by Crippen LogP contribution is -2.41. The molecule has 0 radical (unpaired) electrons. The van der Waals surface area contributed by atoms with E-state index in [-0.39, 0.29) is 18.1 Å². The van der Waals surface area contributed by atoms with E-state index in [1.54, 1.807) is 5.01 Å². The molecule has 4 nitrogen and oxygen atoms in total. The van der Waals surface area contributed by atoms with Crippen LogP contribution in [0.3, 0.4) is 0 Å². The van der Waals surface area contributed by atoms with Crippen LogP contribution in [0.2, 0.25) is 0 Å². The van der Waals surface area contributed by atoms with Crippen molar-refractivity contribution in [3.63, 3.8) is 0 Å². The van der Waals surface area contributed by atoms with E-state index in [4.69, 9.17) is 4.74 Å². The molecule has 2 aromatic carbocycles. The van der Waals surface area contributed by atoms with Crippen molar-refractivity contribution in [2.45, 2.75) is 26.5 Å². The number of benzene rings is 2. The Balaban J connectivity index is 1.66. The fourth-order valence-corrected chi connectivity index (χ4v) is 3.28. The van der Waals surface area contributed by atoms with Crippen molar-refractivity contribution in [1.29, 1.82) is 0 Å². The first-order chi connectivity index (χ1) is 10.6. The zero-order chi connectivity index (χ0) is 15.3. The molecule has 0 saturated carbocycles. The molecule has 2 aliphatic heterocycles. The van der Waals surface area contributed by atoms with Gasteiger partial charge in [0.2, 0.25) is 5.91 Å². The van der Waals surface area contributed by atoms with E-state index >= 15 is 0 Å². The van der Waals surface area contributed by atoms with Crippen molar-refractivity contribution in [3.05, 3.63) is 59.2 Å². The highest BCUT2D eigenvalue weighted by Gasteiger charge is 2.45. The van der Waals surface area contributed by atoms with Crippen molar-refractivity contribution in [2.24, 2.45) is 5.92 Å². The molecule has 2 atom stereocenters. The summed E-state index contributed by atoms with van der Waals surface area (Å²) in [5.74, 6) is 0.772. The number of anilines is 1. The van der Waals surface area contributed by atoms with Gasteiger partial charge in [-0.15, -0.1) is 0 Å². The number of rotatable bonds is 1. The summed E-state index contributed by atoms with van der Waals surface area (Å²) in [6.07, 6.45) is 0.428. The number of nitrogens with zero attached hydrogens (tertiary/aromatic N) is 1. The van der Waals surface area contributed by atoms with Gasteiger partial charge in [-0.1, -0.05) is 35.9 Å². The maximum atomic E-state index is 12.8. The van der Waals surface area contributed by atoms with Gasteiger partial charge in [-0.3, -0.25) is 4.79 Å². The minimum Gasteiger partial charge on any atom is -0.473 e. The van der Waals surface area contributed by atoms with E-state index in [1.807, 2.05) is 43.3 Å². The molecule has 0 spiro atoms. The first kappa shape index (κ1) is 13.3. The lowest BCUT2D eigenvalue weighted by atomic mass is 9.94. The van der Waals surface area contributed by atoms with Crippen LogP contribution in [0, 0.1) is 19.8 Å². The number of para-hydroxylation sites is 1. The Bertz CT molecular complexity index is 757. The maximum Gasteiger partial charge on any atom is 0.250 e. The number of amides is 1. The van der Waals surface area contributed by atoms with Gasteiger partial charge in [0.05, 0.1) is 11.6 Å². The van der Waals surface area contributed by atoms with Gasteiger partial charge in [-0.25, -0.2) is 5.01 Å². The van der Waals surface area contributed by atoms with Crippen molar-refractivity contribution in [2.75, 3.05) is 5.01 Å². The molecule has 2 aliphatic rings.